The predicted octanol–water partition coefficient (Wildman–Crippen LogP) is -2.06. The molecule has 0 spiro atoms. The predicted molar refractivity (Wildman–Crippen MR) is 56.9 cm³/mol. The Morgan fingerprint density at radius 1 is 1.06 bits per heavy atom. The van der Waals surface area contributed by atoms with E-state index < -0.39 is 12.4 Å². The van der Waals surface area contributed by atoms with Crippen LogP contribution in [0.4, 0.5) is 12.9 Å². The number of imidazole rings is 1. The van der Waals surface area contributed by atoms with Crippen LogP contribution in [0.2, 0.25) is 0 Å². The van der Waals surface area contributed by atoms with Crippen molar-refractivity contribution in [1.82, 2.24) is 9.13 Å². The maximum atomic E-state index is 12.5. The molecule has 1 aromatic carbocycles. The van der Waals surface area contributed by atoms with Crippen LogP contribution >= 0.6 is 0 Å². The zero-order chi connectivity index (χ0) is 12.1. The first-order chi connectivity index (χ1) is 7.32. The van der Waals surface area contributed by atoms with Crippen LogP contribution in [0, 0.1) is 0 Å². The third-order valence-corrected chi connectivity index (χ3v) is 2.67. The van der Waals surface area contributed by atoms with Crippen LogP contribution in [0.25, 0.3) is 11.0 Å². The Balaban J connectivity index is 0.00000144. The maximum Gasteiger partial charge on any atom is 1.00 e. The fraction of sp³-hybridized carbons (Fsp3) is 0.222. The normalized spacial score (nSPS) is 11.6. The molecular formula is C9H9BF3KN2O. The van der Waals surface area contributed by atoms with Gasteiger partial charge in [0.15, 0.2) is 0 Å². The summed E-state index contributed by atoms with van der Waals surface area (Å²) >= 11 is 0. The molecule has 17 heavy (non-hydrogen) atoms. The van der Waals surface area contributed by atoms with Gasteiger partial charge in [0.05, 0.1) is 11.0 Å². The Kier molecular flexibility index (Phi) is 4.36. The second kappa shape index (κ2) is 4.93. The number of hydrogen-bond acceptors (Lipinski definition) is 1. The molecule has 2 rings (SSSR count). The van der Waals surface area contributed by atoms with E-state index in [1.54, 1.807) is 0 Å². The number of aryl methyl sites for hydroxylation is 2. The number of fused-ring (bicyclic) bond motifs is 1. The number of hydrogen-bond donors (Lipinski definition) is 0. The molecule has 0 N–H and O–H groups in total. The van der Waals surface area contributed by atoms with Crippen molar-refractivity contribution < 1.29 is 64.3 Å². The zero-order valence-corrected chi connectivity index (χ0v) is 12.9. The van der Waals surface area contributed by atoms with Crippen molar-refractivity contribution in [2.75, 3.05) is 0 Å². The molecule has 8 heteroatoms. The zero-order valence-electron chi connectivity index (χ0n) is 9.75. The number of nitrogens with zero attached hydrogens (tertiary/aromatic N) is 2. The van der Waals surface area contributed by atoms with Gasteiger partial charge in [-0.1, -0.05) is 12.1 Å². The van der Waals surface area contributed by atoms with Crippen molar-refractivity contribution in [1.29, 1.82) is 0 Å². The Morgan fingerprint density at radius 3 is 2.12 bits per heavy atom. The second-order valence-corrected chi connectivity index (χ2v) is 3.72. The van der Waals surface area contributed by atoms with Crippen molar-refractivity contribution in [3.63, 3.8) is 0 Å². The first-order valence-corrected chi connectivity index (χ1v) is 4.67. The second-order valence-electron chi connectivity index (χ2n) is 3.72. The average molecular weight is 268 g/mol. The summed E-state index contributed by atoms with van der Waals surface area (Å²) in [5.74, 6) is 0. The van der Waals surface area contributed by atoms with Crippen LogP contribution in [0.5, 0.6) is 0 Å². The number of aromatic nitrogens is 2. The monoisotopic (exact) mass is 268 g/mol. The van der Waals surface area contributed by atoms with E-state index in [9.17, 15) is 17.7 Å². The molecule has 0 aliphatic carbocycles. The van der Waals surface area contributed by atoms with E-state index in [4.69, 9.17) is 0 Å². The summed E-state index contributed by atoms with van der Waals surface area (Å²) in [5, 5.41) is 0. The van der Waals surface area contributed by atoms with Crippen molar-refractivity contribution in [3.8, 4) is 0 Å². The molecule has 3 nitrogen and oxygen atoms in total. The van der Waals surface area contributed by atoms with Crippen LogP contribution in [0.1, 0.15) is 0 Å². The minimum atomic E-state index is -5.03. The van der Waals surface area contributed by atoms with Crippen molar-refractivity contribution in [3.05, 3.63) is 28.7 Å². The Labute approximate surface area is 138 Å². The molecule has 0 unspecified atom stereocenters. The van der Waals surface area contributed by atoms with E-state index in [1.165, 1.54) is 29.3 Å². The van der Waals surface area contributed by atoms with Crippen LogP contribution < -0.4 is 62.5 Å². The van der Waals surface area contributed by atoms with Crippen LogP contribution in [-0.2, 0) is 14.1 Å². The molecule has 0 radical (unpaired) electrons. The first kappa shape index (κ1) is 15.0. The minimum Gasteiger partial charge on any atom is -0.445 e. The van der Waals surface area contributed by atoms with E-state index in [0.29, 0.717) is 11.0 Å². The molecule has 0 saturated heterocycles. The molecule has 0 fully saturated rings. The molecule has 0 atom stereocenters. The summed E-state index contributed by atoms with van der Waals surface area (Å²) in [6, 6.07) is 3.33. The summed E-state index contributed by atoms with van der Waals surface area (Å²) < 4.78 is 40.1. The SMILES string of the molecule is Cn1c(=O)n(C)c2cc([B-](F)(F)F)ccc21.[K+]. The average Bonchev–Trinajstić information content (AvgIpc) is 2.43. The van der Waals surface area contributed by atoms with Crippen molar-refractivity contribution in [2.45, 2.75) is 0 Å². The first-order valence-electron chi connectivity index (χ1n) is 4.67. The molecule has 2 aromatic rings. The van der Waals surface area contributed by atoms with E-state index >= 15 is 0 Å². The Hall–Kier alpha value is -0.0187. The van der Waals surface area contributed by atoms with E-state index in [0.717, 1.165) is 12.1 Å². The van der Waals surface area contributed by atoms with E-state index in [2.05, 4.69) is 0 Å². The summed E-state index contributed by atoms with van der Waals surface area (Å²) in [6.45, 7) is -5.03. The van der Waals surface area contributed by atoms with Gasteiger partial charge in [0, 0.05) is 14.1 Å². The smallest absolute Gasteiger partial charge is 0.445 e. The van der Waals surface area contributed by atoms with Crippen LogP contribution in [0.3, 0.4) is 0 Å². The van der Waals surface area contributed by atoms with E-state index in [-0.39, 0.29) is 57.1 Å². The fourth-order valence-corrected chi connectivity index (χ4v) is 1.73. The molecule has 0 amide bonds. The van der Waals surface area contributed by atoms with Crippen LogP contribution in [-0.4, -0.2) is 16.1 Å². The molecule has 1 heterocycles. The van der Waals surface area contributed by atoms with Gasteiger partial charge in [-0.25, -0.2) is 4.79 Å². The van der Waals surface area contributed by atoms with Gasteiger partial charge < -0.3 is 12.9 Å². The number of benzene rings is 1. The molecule has 0 bridgehead atoms. The van der Waals surface area contributed by atoms with Gasteiger partial charge in [0.25, 0.3) is 0 Å². The summed E-state index contributed by atoms with van der Waals surface area (Å²) in [5.41, 5.74) is -0.226. The third kappa shape index (κ3) is 2.55. The van der Waals surface area contributed by atoms with Gasteiger partial charge in [-0.3, -0.25) is 9.13 Å². The van der Waals surface area contributed by atoms with Gasteiger partial charge in [0.1, 0.15) is 0 Å². The van der Waals surface area contributed by atoms with Gasteiger partial charge >= 0.3 is 64.1 Å². The topological polar surface area (TPSA) is 26.9 Å². The quantitative estimate of drug-likeness (QED) is 0.546. The fourth-order valence-electron chi connectivity index (χ4n) is 1.73. The van der Waals surface area contributed by atoms with Gasteiger partial charge in [-0.2, -0.15) is 0 Å². The summed E-state index contributed by atoms with van der Waals surface area (Å²) in [6.07, 6.45) is 0. The molecule has 86 valence electrons. The largest absolute Gasteiger partial charge is 1.00 e. The summed E-state index contributed by atoms with van der Waals surface area (Å²) in [4.78, 5) is 11.5. The molecular weight excluding hydrogens is 259 g/mol. The Bertz CT molecular complexity index is 617. The summed E-state index contributed by atoms with van der Waals surface area (Å²) in [7, 11) is 2.99. The molecule has 0 saturated carbocycles. The van der Waals surface area contributed by atoms with Gasteiger partial charge in [-0.15, -0.1) is 5.46 Å². The number of halogens is 3. The third-order valence-electron chi connectivity index (χ3n) is 2.67. The van der Waals surface area contributed by atoms with Gasteiger partial charge in [0.2, 0.25) is 0 Å². The Morgan fingerprint density at radius 2 is 1.59 bits per heavy atom. The number of rotatable bonds is 1. The molecule has 0 aliphatic heterocycles. The minimum absolute atomic E-state index is 0. The standard InChI is InChI=1S/C9H9BF3N2O.K/c1-14-7-4-3-6(10(11,12)13)5-8(7)15(2)9(14)16;/h3-5H,1-2H3;/q-1;+1. The molecule has 0 aliphatic rings. The van der Waals surface area contributed by atoms with Crippen molar-refractivity contribution >= 4 is 23.5 Å². The molecule has 1 aromatic heterocycles. The van der Waals surface area contributed by atoms with E-state index in [1.807, 2.05) is 0 Å². The van der Waals surface area contributed by atoms with Gasteiger partial charge in [-0.05, 0) is 6.07 Å². The maximum absolute atomic E-state index is 12.5. The van der Waals surface area contributed by atoms with Crippen LogP contribution in [0.15, 0.2) is 23.0 Å². The van der Waals surface area contributed by atoms with Crippen molar-refractivity contribution in [2.24, 2.45) is 14.1 Å².